The summed E-state index contributed by atoms with van der Waals surface area (Å²) in [5, 5.41) is 14.0. The Morgan fingerprint density at radius 2 is 2.05 bits per heavy atom. The number of carbonyl (C=O) groups is 1. The predicted molar refractivity (Wildman–Crippen MR) is 71.5 cm³/mol. The number of urea groups is 1. The van der Waals surface area contributed by atoms with Gasteiger partial charge in [0.15, 0.2) is 11.5 Å². The number of rotatable bonds is 7. The van der Waals surface area contributed by atoms with Crippen LogP contribution in [0.2, 0.25) is 0 Å². The fourth-order valence-corrected chi connectivity index (χ4v) is 1.61. The van der Waals surface area contributed by atoms with Crippen LogP contribution in [-0.4, -0.2) is 38.5 Å². The Morgan fingerprint density at radius 1 is 1.26 bits per heavy atom. The molecule has 0 aromatic heterocycles. The molecule has 6 heteroatoms. The fraction of sp³-hybridized carbons (Fsp3) is 0.462. The summed E-state index contributed by atoms with van der Waals surface area (Å²) in [6.45, 7) is 0.840. The van der Waals surface area contributed by atoms with Gasteiger partial charge in [-0.15, -0.1) is 0 Å². The van der Waals surface area contributed by atoms with Crippen molar-refractivity contribution < 1.29 is 19.4 Å². The van der Waals surface area contributed by atoms with E-state index in [2.05, 4.69) is 10.6 Å². The van der Waals surface area contributed by atoms with Gasteiger partial charge in [-0.05, 0) is 12.5 Å². The second-order valence-electron chi connectivity index (χ2n) is 3.84. The molecule has 1 rings (SSSR count). The molecule has 3 N–H and O–H groups in total. The minimum absolute atomic E-state index is 0.0595. The largest absolute Gasteiger partial charge is 0.493 e. The normalized spacial score (nSPS) is 9.84. The van der Waals surface area contributed by atoms with Crippen LogP contribution in [0.5, 0.6) is 11.5 Å². The molecule has 6 nitrogen and oxygen atoms in total. The van der Waals surface area contributed by atoms with Crippen LogP contribution >= 0.6 is 0 Å². The summed E-state index contributed by atoms with van der Waals surface area (Å²) in [7, 11) is 3.12. The number of amides is 2. The first-order valence-corrected chi connectivity index (χ1v) is 6.05. The van der Waals surface area contributed by atoms with Gasteiger partial charge in [-0.2, -0.15) is 0 Å². The van der Waals surface area contributed by atoms with E-state index in [1.54, 1.807) is 20.3 Å². The van der Waals surface area contributed by atoms with Gasteiger partial charge < -0.3 is 25.2 Å². The summed E-state index contributed by atoms with van der Waals surface area (Å²) in [6.07, 6.45) is 0.538. The summed E-state index contributed by atoms with van der Waals surface area (Å²) < 4.78 is 10.5. The second-order valence-corrected chi connectivity index (χ2v) is 3.84. The Morgan fingerprint density at radius 3 is 2.68 bits per heavy atom. The summed E-state index contributed by atoms with van der Waals surface area (Å²) in [5.41, 5.74) is 0.833. The van der Waals surface area contributed by atoms with Crippen LogP contribution in [0.1, 0.15) is 12.0 Å². The van der Waals surface area contributed by atoms with Gasteiger partial charge in [-0.1, -0.05) is 12.1 Å². The Kier molecular flexibility index (Phi) is 6.52. The van der Waals surface area contributed by atoms with Gasteiger partial charge in [-0.25, -0.2) is 4.79 Å². The van der Waals surface area contributed by atoms with Crippen LogP contribution in [0.25, 0.3) is 0 Å². The fourth-order valence-electron chi connectivity index (χ4n) is 1.61. The molecule has 0 spiro atoms. The van der Waals surface area contributed by atoms with Gasteiger partial charge in [-0.3, -0.25) is 0 Å². The summed E-state index contributed by atoms with van der Waals surface area (Å²) >= 11 is 0. The number of methoxy groups -OCH3 is 2. The molecule has 2 amide bonds. The topological polar surface area (TPSA) is 79.8 Å². The number of benzene rings is 1. The number of ether oxygens (including phenoxy) is 2. The molecule has 0 aliphatic rings. The molecule has 0 saturated carbocycles. The van der Waals surface area contributed by atoms with Crippen molar-refractivity contribution in [3.05, 3.63) is 23.8 Å². The lowest BCUT2D eigenvalue weighted by Gasteiger charge is -2.13. The van der Waals surface area contributed by atoms with E-state index in [4.69, 9.17) is 14.6 Å². The lowest BCUT2D eigenvalue weighted by atomic mass is 10.2. The number of nitrogens with one attached hydrogen (secondary N) is 2. The maximum atomic E-state index is 11.5. The highest BCUT2D eigenvalue weighted by molar-refractivity contribution is 5.73. The van der Waals surface area contributed by atoms with Crippen LogP contribution < -0.4 is 20.1 Å². The zero-order valence-electron chi connectivity index (χ0n) is 11.2. The van der Waals surface area contributed by atoms with Crippen molar-refractivity contribution in [3.8, 4) is 11.5 Å². The maximum Gasteiger partial charge on any atom is 0.315 e. The number of carbonyl (C=O) groups excluding carboxylic acids is 1. The molecular weight excluding hydrogens is 248 g/mol. The van der Waals surface area contributed by atoms with Gasteiger partial charge in [0.05, 0.1) is 14.2 Å². The quantitative estimate of drug-likeness (QED) is 0.641. The molecule has 1 aromatic rings. The minimum Gasteiger partial charge on any atom is -0.493 e. The van der Waals surface area contributed by atoms with Crippen molar-refractivity contribution in [1.82, 2.24) is 10.6 Å². The lowest BCUT2D eigenvalue weighted by molar-refractivity contribution is 0.237. The molecule has 0 aliphatic heterocycles. The minimum atomic E-state index is -0.279. The highest BCUT2D eigenvalue weighted by atomic mass is 16.5. The third-order valence-electron chi connectivity index (χ3n) is 2.54. The van der Waals surface area contributed by atoms with E-state index in [1.807, 2.05) is 12.1 Å². The van der Waals surface area contributed by atoms with E-state index in [-0.39, 0.29) is 12.6 Å². The summed E-state index contributed by atoms with van der Waals surface area (Å²) in [5.74, 6) is 1.24. The van der Waals surface area contributed by atoms with E-state index in [1.165, 1.54) is 0 Å². The van der Waals surface area contributed by atoms with Crippen molar-refractivity contribution in [3.63, 3.8) is 0 Å². The third kappa shape index (κ3) is 4.67. The zero-order chi connectivity index (χ0) is 14.1. The standard InChI is InChI=1S/C13H20N2O4/c1-18-11-6-3-5-10(12(11)19-2)9-15-13(17)14-7-4-8-16/h3,5-6,16H,4,7-9H2,1-2H3,(H2,14,15,17). The Hall–Kier alpha value is -1.95. The SMILES string of the molecule is COc1cccc(CNC(=O)NCCCO)c1OC. The van der Waals surface area contributed by atoms with Crippen molar-refractivity contribution in [2.45, 2.75) is 13.0 Å². The van der Waals surface area contributed by atoms with Crippen molar-refractivity contribution in [1.29, 1.82) is 0 Å². The lowest BCUT2D eigenvalue weighted by Crippen LogP contribution is -2.35. The van der Waals surface area contributed by atoms with Gasteiger partial charge in [0.2, 0.25) is 0 Å². The number of hydrogen-bond donors (Lipinski definition) is 3. The van der Waals surface area contributed by atoms with Crippen LogP contribution in [0, 0.1) is 0 Å². The zero-order valence-corrected chi connectivity index (χ0v) is 11.2. The molecule has 0 aliphatic carbocycles. The number of aliphatic hydroxyl groups is 1. The molecule has 19 heavy (non-hydrogen) atoms. The number of aliphatic hydroxyl groups excluding tert-OH is 1. The number of hydrogen-bond acceptors (Lipinski definition) is 4. The molecule has 0 fully saturated rings. The van der Waals surface area contributed by atoms with Crippen LogP contribution in [-0.2, 0) is 6.54 Å². The molecule has 0 saturated heterocycles. The first-order chi connectivity index (χ1) is 9.22. The molecular formula is C13H20N2O4. The molecule has 1 aromatic carbocycles. The van der Waals surface area contributed by atoms with Gasteiger partial charge >= 0.3 is 6.03 Å². The van der Waals surface area contributed by atoms with Gasteiger partial charge in [0.1, 0.15) is 0 Å². The van der Waals surface area contributed by atoms with Crippen molar-refractivity contribution >= 4 is 6.03 Å². The number of para-hydroxylation sites is 1. The summed E-state index contributed by atoms with van der Waals surface area (Å²) in [6, 6.07) is 5.21. The van der Waals surface area contributed by atoms with E-state index in [0.717, 1.165) is 5.56 Å². The first-order valence-electron chi connectivity index (χ1n) is 6.05. The highest BCUT2D eigenvalue weighted by Gasteiger charge is 2.10. The van der Waals surface area contributed by atoms with Crippen molar-refractivity contribution in [2.75, 3.05) is 27.4 Å². The average Bonchev–Trinajstić information content (AvgIpc) is 2.44. The predicted octanol–water partition coefficient (Wildman–Crippen LogP) is 0.885. The van der Waals surface area contributed by atoms with E-state index in [9.17, 15) is 4.79 Å². The van der Waals surface area contributed by atoms with Gasteiger partial charge in [0.25, 0.3) is 0 Å². The monoisotopic (exact) mass is 268 g/mol. The van der Waals surface area contributed by atoms with E-state index in [0.29, 0.717) is 31.0 Å². The Bertz CT molecular complexity index is 410. The van der Waals surface area contributed by atoms with Crippen LogP contribution in [0.15, 0.2) is 18.2 Å². The molecule has 0 radical (unpaired) electrons. The smallest absolute Gasteiger partial charge is 0.315 e. The average molecular weight is 268 g/mol. The Labute approximate surface area is 112 Å². The molecule has 0 atom stereocenters. The summed E-state index contributed by atoms with van der Waals surface area (Å²) in [4.78, 5) is 11.5. The van der Waals surface area contributed by atoms with Gasteiger partial charge in [0, 0.05) is 25.3 Å². The molecule has 0 unspecified atom stereocenters. The molecule has 106 valence electrons. The Balaban J connectivity index is 2.55. The van der Waals surface area contributed by atoms with Crippen LogP contribution in [0.3, 0.4) is 0 Å². The first kappa shape index (κ1) is 15.1. The van der Waals surface area contributed by atoms with Crippen LogP contribution in [0.4, 0.5) is 4.79 Å². The molecule has 0 bridgehead atoms. The van der Waals surface area contributed by atoms with E-state index >= 15 is 0 Å². The molecule has 0 heterocycles. The second kappa shape index (κ2) is 8.20. The third-order valence-corrected chi connectivity index (χ3v) is 2.54. The highest BCUT2D eigenvalue weighted by Crippen LogP contribution is 2.30. The maximum absolute atomic E-state index is 11.5. The van der Waals surface area contributed by atoms with E-state index < -0.39 is 0 Å². The van der Waals surface area contributed by atoms with Crippen molar-refractivity contribution in [2.24, 2.45) is 0 Å².